The molecule has 2 aromatic carbocycles. The molecule has 8 heteroatoms. The molecule has 34 heavy (non-hydrogen) atoms. The Morgan fingerprint density at radius 2 is 1.85 bits per heavy atom. The first-order valence-corrected chi connectivity index (χ1v) is 11.0. The van der Waals surface area contributed by atoms with Crippen molar-refractivity contribution in [3.63, 3.8) is 0 Å². The summed E-state index contributed by atoms with van der Waals surface area (Å²) in [7, 11) is 1.48. The molecule has 8 nitrogen and oxygen atoms in total. The van der Waals surface area contributed by atoms with E-state index >= 15 is 0 Å². The molecule has 0 saturated heterocycles. The number of amides is 1. The molecule has 0 aliphatic heterocycles. The molecule has 0 saturated carbocycles. The van der Waals surface area contributed by atoms with Gasteiger partial charge < -0.3 is 24.1 Å². The number of nitrogens with zero attached hydrogens (tertiary/aromatic N) is 1. The second-order valence-corrected chi connectivity index (χ2v) is 8.28. The summed E-state index contributed by atoms with van der Waals surface area (Å²) in [5, 5.41) is 6.77. The van der Waals surface area contributed by atoms with Crippen molar-refractivity contribution in [3.05, 3.63) is 70.1 Å². The third-order valence-electron chi connectivity index (χ3n) is 5.48. The van der Waals surface area contributed by atoms with Crippen molar-refractivity contribution in [2.75, 3.05) is 19.0 Å². The maximum atomic E-state index is 12.5. The van der Waals surface area contributed by atoms with E-state index in [1.165, 1.54) is 13.2 Å². The highest BCUT2D eigenvalue weighted by atomic mass is 16.5. The predicted molar refractivity (Wildman–Crippen MR) is 127 cm³/mol. The van der Waals surface area contributed by atoms with Crippen LogP contribution in [0.3, 0.4) is 0 Å². The van der Waals surface area contributed by atoms with Crippen LogP contribution < -0.4 is 14.8 Å². The largest absolute Gasteiger partial charge is 0.493 e. The van der Waals surface area contributed by atoms with Crippen LogP contribution in [0.15, 0.2) is 40.9 Å². The Morgan fingerprint density at radius 3 is 2.50 bits per heavy atom. The molecule has 3 rings (SSSR count). The van der Waals surface area contributed by atoms with Gasteiger partial charge in [-0.25, -0.2) is 4.79 Å². The van der Waals surface area contributed by atoms with Crippen molar-refractivity contribution in [1.82, 2.24) is 5.16 Å². The monoisotopic (exact) mass is 466 g/mol. The lowest BCUT2D eigenvalue weighted by Gasteiger charge is -2.16. The van der Waals surface area contributed by atoms with E-state index in [0.29, 0.717) is 17.3 Å². The Bertz CT molecular complexity index is 1160. The van der Waals surface area contributed by atoms with Crippen LogP contribution in [0.25, 0.3) is 0 Å². The summed E-state index contributed by atoms with van der Waals surface area (Å²) in [5.74, 6) is 0.699. The molecule has 0 unspecified atom stereocenters. The summed E-state index contributed by atoms with van der Waals surface area (Å²) in [5.41, 5.74) is 4.57. The van der Waals surface area contributed by atoms with Gasteiger partial charge in [-0.3, -0.25) is 4.79 Å². The van der Waals surface area contributed by atoms with Crippen molar-refractivity contribution in [2.45, 2.75) is 47.1 Å². The lowest BCUT2D eigenvalue weighted by molar-refractivity contribution is -0.119. The normalized spacial score (nSPS) is 10.8. The van der Waals surface area contributed by atoms with E-state index in [9.17, 15) is 9.59 Å². The standard InChI is InChI=1S/C26H30N2O6/c1-15(2)20-9-7-8-16(3)25(20)27-24(29)14-33-26(30)19-10-11-22(23(12-19)31-6)32-13-21-17(4)28-34-18(21)5/h7-12,15H,13-14H2,1-6H3,(H,27,29). The Hall–Kier alpha value is -3.81. The van der Waals surface area contributed by atoms with E-state index in [2.05, 4.69) is 24.3 Å². The van der Waals surface area contributed by atoms with Crippen LogP contribution in [-0.2, 0) is 16.1 Å². The SMILES string of the molecule is COc1cc(C(=O)OCC(=O)Nc2c(C)cccc2C(C)C)ccc1OCc1c(C)noc1C. The molecule has 0 atom stereocenters. The molecular weight excluding hydrogens is 436 g/mol. The fourth-order valence-corrected chi connectivity index (χ4v) is 3.50. The molecule has 1 N–H and O–H groups in total. The van der Waals surface area contributed by atoms with Crippen molar-refractivity contribution >= 4 is 17.6 Å². The number of hydrogen-bond donors (Lipinski definition) is 1. The van der Waals surface area contributed by atoms with E-state index in [4.69, 9.17) is 18.7 Å². The van der Waals surface area contributed by atoms with Gasteiger partial charge in [0.1, 0.15) is 12.4 Å². The zero-order chi connectivity index (χ0) is 24.8. The number of para-hydroxylation sites is 1. The van der Waals surface area contributed by atoms with E-state index in [1.54, 1.807) is 12.1 Å². The van der Waals surface area contributed by atoms with Gasteiger partial charge in [0.05, 0.1) is 23.9 Å². The summed E-state index contributed by atoms with van der Waals surface area (Å²) in [6.07, 6.45) is 0. The Kier molecular flexibility index (Phi) is 7.94. The van der Waals surface area contributed by atoms with E-state index < -0.39 is 18.5 Å². The van der Waals surface area contributed by atoms with Gasteiger partial charge in [0.15, 0.2) is 18.1 Å². The molecule has 1 aromatic heterocycles. The quantitative estimate of drug-likeness (QED) is 0.438. The summed E-state index contributed by atoms with van der Waals surface area (Å²) < 4.78 is 21.6. The minimum absolute atomic E-state index is 0.239. The molecule has 1 heterocycles. The summed E-state index contributed by atoms with van der Waals surface area (Å²) in [4.78, 5) is 25.0. The first-order chi connectivity index (χ1) is 16.2. The van der Waals surface area contributed by atoms with Gasteiger partial charge >= 0.3 is 5.97 Å². The number of hydrogen-bond acceptors (Lipinski definition) is 7. The number of carbonyl (C=O) groups is 2. The van der Waals surface area contributed by atoms with Crippen LogP contribution in [0.1, 0.15) is 58.3 Å². The van der Waals surface area contributed by atoms with Gasteiger partial charge in [-0.05, 0) is 56.0 Å². The van der Waals surface area contributed by atoms with Crippen LogP contribution in [0.2, 0.25) is 0 Å². The van der Waals surface area contributed by atoms with Gasteiger partial charge in [0, 0.05) is 5.69 Å². The van der Waals surface area contributed by atoms with E-state index in [-0.39, 0.29) is 18.1 Å². The number of benzene rings is 2. The first-order valence-electron chi connectivity index (χ1n) is 11.0. The van der Waals surface area contributed by atoms with Crippen LogP contribution in [0.5, 0.6) is 11.5 Å². The molecule has 0 spiro atoms. The van der Waals surface area contributed by atoms with Gasteiger partial charge in [-0.15, -0.1) is 0 Å². The number of rotatable bonds is 9. The molecule has 1 amide bonds. The summed E-state index contributed by atoms with van der Waals surface area (Å²) in [6.45, 7) is 9.53. The number of carbonyl (C=O) groups excluding carboxylic acids is 2. The van der Waals surface area contributed by atoms with Gasteiger partial charge in [0.25, 0.3) is 5.91 Å². The van der Waals surface area contributed by atoms with Crippen LogP contribution in [0.4, 0.5) is 5.69 Å². The lowest BCUT2D eigenvalue weighted by atomic mass is 9.98. The van der Waals surface area contributed by atoms with Crippen molar-refractivity contribution in [2.24, 2.45) is 0 Å². The van der Waals surface area contributed by atoms with Crippen LogP contribution >= 0.6 is 0 Å². The summed E-state index contributed by atoms with van der Waals surface area (Å²) >= 11 is 0. The summed E-state index contributed by atoms with van der Waals surface area (Å²) in [6, 6.07) is 10.5. The van der Waals surface area contributed by atoms with Gasteiger partial charge in [-0.2, -0.15) is 0 Å². The second-order valence-electron chi connectivity index (χ2n) is 8.28. The molecular formula is C26H30N2O6. The van der Waals surface area contributed by atoms with Gasteiger partial charge in [-0.1, -0.05) is 37.2 Å². The minimum Gasteiger partial charge on any atom is -0.493 e. The van der Waals surface area contributed by atoms with E-state index in [1.807, 2.05) is 39.0 Å². The number of esters is 1. The number of anilines is 1. The average Bonchev–Trinajstić information content (AvgIpc) is 3.14. The lowest BCUT2D eigenvalue weighted by Crippen LogP contribution is -2.22. The third kappa shape index (κ3) is 5.75. The zero-order valence-electron chi connectivity index (χ0n) is 20.4. The fraction of sp³-hybridized carbons (Fsp3) is 0.346. The first kappa shape index (κ1) is 24.8. The number of ether oxygens (including phenoxy) is 3. The van der Waals surface area contributed by atoms with Crippen LogP contribution in [-0.4, -0.2) is 30.7 Å². The number of aryl methyl sites for hydroxylation is 3. The predicted octanol–water partition coefficient (Wildman–Crippen LogP) is 5.11. The highest BCUT2D eigenvalue weighted by Crippen LogP contribution is 2.30. The van der Waals surface area contributed by atoms with E-state index in [0.717, 1.165) is 28.1 Å². The van der Waals surface area contributed by atoms with Gasteiger partial charge in [0.2, 0.25) is 0 Å². The van der Waals surface area contributed by atoms with Crippen LogP contribution in [0, 0.1) is 20.8 Å². The average molecular weight is 467 g/mol. The fourth-order valence-electron chi connectivity index (χ4n) is 3.50. The number of nitrogens with one attached hydrogen (secondary N) is 1. The zero-order valence-corrected chi connectivity index (χ0v) is 20.4. The third-order valence-corrected chi connectivity index (χ3v) is 5.48. The Labute approximate surface area is 199 Å². The number of aromatic nitrogens is 1. The second kappa shape index (κ2) is 10.9. The molecule has 180 valence electrons. The molecule has 0 radical (unpaired) electrons. The molecule has 0 fully saturated rings. The Balaban J connectivity index is 1.62. The molecule has 0 aliphatic rings. The number of methoxy groups -OCH3 is 1. The molecule has 0 aliphatic carbocycles. The van der Waals surface area contributed by atoms with Crippen molar-refractivity contribution in [1.29, 1.82) is 0 Å². The highest BCUT2D eigenvalue weighted by molar-refractivity contribution is 5.96. The molecule has 3 aromatic rings. The Morgan fingerprint density at radius 1 is 1.09 bits per heavy atom. The topological polar surface area (TPSA) is 99.9 Å². The molecule has 0 bridgehead atoms. The minimum atomic E-state index is -0.639. The van der Waals surface area contributed by atoms with Crippen molar-refractivity contribution < 1.29 is 28.3 Å². The maximum Gasteiger partial charge on any atom is 0.338 e. The van der Waals surface area contributed by atoms with Crippen molar-refractivity contribution in [3.8, 4) is 11.5 Å². The maximum absolute atomic E-state index is 12.5. The highest BCUT2D eigenvalue weighted by Gasteiger charge is 2.17. The smallest absolute Gasteiger partial charge is 0.338 e.